The molecule has 0 aromatic carbocycles. The molecule has 0 spiro atoms. The molecule has 0 amide bonds. The van der Waals surface area contributed by atoms with Crippen LogP contribution in [-0.4, -0.2) is 12.0 Å². The lowest BCUT2D eigenvalue weighted by atomic mass is 10.1. The first-order valence-electron chi connectivity index (χ1n) is 4.04. The van der Waals surface area contributed by atoms with E-state index >= 15 is 0 Å². The summed E-state index contributed by atoms with van der Waals surface area (Å²) in [6.07, 6.45) is 3.66. The van der Waals surface area contributed by atoms with Crippen LogP contribution in [0.25, 0.3) is 0 Å². The lowest BCUT2D eigenvalue weighted by Crippen LogP contribution is -2.38. The van der Waals surface area contributed by atoms with Gasteiger partial charge in [-0.05, 0) is 18.8 Å². The van der Waals surface area contributed by atoms with Crippen LogP contribution in [0.3, 0.4) is 0 Å². The van der Waals surface area contributed by atoms with Crippen LogP contribution in [0, 0.1) is 5.92 Å². The summed E-state index contributed by atoms with van der Waals surface area (Å²) in [6, 6.07) is 0.381. The zero-order chi connectivity index (χ0) is 8.27. The smallest absolute Gasteiger partial charge is 0.203 e. The van der Waals surface area contributed by atoms with Gasteiger partial charge >= 0.3 is 0 Å². The molecule has 0 aromatic heterocycles. The summed E-state index contributed by atoms with van der Waals surface area (Å²) < 4.78 is 0. The fraction of sp³-hybridized carbons (Fsp3) is 0.857. The summed E-state index contributed by atoms with van der Waals surface area (Å²) in [5.74, 6) is 6.10. The molecule has 0 heterocycles. The molecule has 0 saturated heterocycles. The lowest BCUT2D eigenvalue weighted by molar-refractivity contribution is 0.527. The van der Waals surface area contributed by atoms with Gasteiger partial charge in [-0.2, -0.15) is 0 Å². The highest BCUT2D eigenvalue weighted by molar-refractivity contribution is 5.77. The summed E-state index contributed by atoms with van der Waals surface area (Å²) >= 11 is 0. The molecular formula is C7H16N4. The third kappa shape index (κ3) is 2.08. The normalized spacial score (nSPS) is 32.4. The second-order valence-corrected chi connectivity index (χ2v) is 3.13. The van der Waals surface area contributed by atoms with E-state index in [0.29, 0.717) is 17.9 Å². The molecule has 1 rings (SSSR count). The van der Waals surface area contributed by atoms with E-state index in [1.807, 2.05) is 0 Å². The second-order valence-electron chi connectivity index (χ2n) is 3.13. The van der Waals surface area contributed by atoms with Crippen molar-refractivity contribution in [1.82, 2.24) is 5.43 Å². The molecule has 1 fully saturated rings. The molecular weight excluding hydrogens is 140 g/mol. The summed E-state index contributed by atoms with van der Waals surface area (Å²) in [6.45, 7) is 2.20. The highest BCUT2D eigenvalue weighted by atomic mass is 15.3. The van der Waals surface area contributed by atoms with E-state index in [0.717, 1.165) is 6.42 Å². The van der Waals surface area contributed by atoms with Crippen LogP contribution in [-0.2, 0) is 0 Å². The molecule has 0 bridgehead atoms. The maximum Gasteiger partial charge on any atom is 0.203 e. The van der Waals surface area contributed by atoms with Gasteiger partial charge in [0.1, 0.15) is 0 Å². The average molecular weight is 156 g/mol. The van der Waals surface area contributed by atoms with E-state index in [2.05, 4.69) is 17.3 Å². The molecule has 0 aliphatic heterocycles. The van der Waals surface area contributed by atoms with Crippen molar-refractivity contribution in [2.75, 3.05) is 0 Å². The van der Waals surface area contributed by atoms with Gasteiger partial charge in [-0.15, -0.1) is 0 Å². The number of nitrogens with zero attached hydrogens (tertiary/aromatic N) is 1. The highest BCUT2D eigenvalue weighted by Crippen LogP contribution is 2.27. The van der Waals surface area contributed by atoms with Crippen molar-refractivity contribution < 1.29 is 0 Å². The Labute approximate surface area is 67.0 Å². The third-order valence-electron chi connectivity index (χ3n) is 2.27. The largest absolute Gasteiger partial charge is 0.369 e. The minimum absolute atomic E-state index is 0.351. The number of nitrogens with one attached hydrogen (secondary N) is 1. The molecule has 2 unspecified atom stereocenters. The first-order valence-corrected chi connectivity index (χ1v) is 4.04. The van der Waals surface area contributed by atoms with Crippen molar-refractivity contribution in [3.63, 3.8) is 0 Å². The number of hydrogen-bond donors (Lipinski definition) is 3. The van der Waals surface area contributed by atoms with Crippen LogP contribution < -0.4 is 17.0 Å². The van der Waals surface area contributed by atoms with Gasteiger partial charge in [0, 0.05) is 0 Å². The number of hydrogen-bond acceptors (Lipinski definition) is 2. The zero-order valence-corrected chi connectivity index (χ0v) is 6.88. The molecule has 11 heavy (non-hydrogen) atoms. The van der Waals surface area contributed by atoms with Gasteiger partial charge in [-0.25, -0.2) is 10.8 Å². The molecule has 1 aliphatic rings. The average Bonchev–Trinajstić information content (AvgIpc) is 2.37. The first kappa shape index (κ1) is 8.33. The Morgan fingerprint density at radius 3 is 2.73 bits per heavy atom. The van der Waals surface area contributed by atoms with Crippen LogP contribution in [0.5, 0.6) is 0 Å². The monoisotopic (exact) mass is 156 g/mol. The zero-order valence-electron chi connectivity index (χ0n) is 6.88. The maximum absolute atomic E-state index is 5.43. The molecule has 4 heteroatoms. The Kier molecular flexibility index (Phi) is 2.70. The number of aliphatic imine (C=N–C) groups is 1. The third-order valence-corrected chi connectivity index (χ3v) is 2.27. The summed E-state index contributed by atoms with van der Waals surface area (Å²) in [5.41, 5.74) is 7.77. The van der Waals surface area contributed by atoms with Gasteiger partial charge in [0.05, 0.1) is 6.04 Å². The molecule has 1 aliphatic carbocycles. The predicted octanol–water partition coefficient (Wildman–Crippen LogP) is -0.0470. The van der Waals surface area contributed by atoms with Crippen molar-refractivity contribution in [2.45, 2.75) is 32.2 Å². The molecule has 2 atom stereocenters. The van der Waals surface area contributed by atoms with Crippen molar-refractivity contribution in [3.8, 4) is 0 Å². The van der Waals surface area contributed by atoms with Gasteiger partial charge in [0.2, 0.25) is 5.96 Å². The standard InChI is InChI=1S/C7H16N4/c1-5-3-2-4-6(5)10-7(8)11-9/h5-6H,2-4,9H2,1H3,(H3,8,10,11). The summed E-state index contributed by atoms with van der Waals surface area (Å²) in [5, 5.41) is 0. The van der Waals surface area contributed by atoms with E-state index < -0.39 is 0 Å². The number of rotatable bonds is 1. The molecule has 5 N–H and O–H groups in total. The minimum Gasteiger partial charge on any atom is -0.369 e. The van der Waals surface area contributed by atoms with Crippen LogP contribution in [0.2, 0.25) is 0 Å². The Hall–Kier alpha value is -0.770. The predicted molar refractivity (Wildman–Crippen MR) is 45.7 cm³/mol. The Balaban J connectivity index is 2.47. The molecule has 0 radical (unpaired) electrons. The van der Waals surface area contributed by atoms with Crippen LogP contribution >= 0.6 is 0 Å². The maximum atomic E-state index is 5.43. The number of hydrazine groups is 1. The Morgan fingerprint density at radius 1 is 1.55 bits per heavy atom. The minimum atomic E-state index is 0.351. The first-order chi connectivity index (χ1) is 5.24. The van der Waals surface area contributed by atoms with Crippen LogP contribution in [0.1, 0.15) is 26.2 Å². The second kappa shape index (κ2) is 3.57. The van der Waals surface area contributed by atoms with Gasteiger partial charge in [-0.1, -0.05) is 13.3 Å². The lowest BCUT2D eigenvalue weighted by Gasteiger charge is -2.10. The van der Waals surface area contributed by atoms with E-state index in [1.165, 1.54) is 12.8 Å². The van der Waals surface area contributed by atoms with E-state index in [-0.39, 0.29) is 0 Å². The van der Waals surface area contributed by atoms with Crippen LogP contribution in [0.15, 0.2) is 4.99 Å². The fourth-order valence-electron chi connectivity index (χ4n) is 1.53. The number of nitrogens with two attached hydrogens (primary N) is 2. The van der Waals surface area contributed by atoms with Gasteiger partial charge in [0.25, 0.3) is 0 Å². The topological polar surface area (TPSA) is 76.4 Å². The van der Waals surface area contributed by atoms with Gasteiger partial charge < -0.3 is 5.73 Å². The van der Waals surface area contributed by atoms with E-state index in [4.69, 9.17) is 11.6 Å². The summed E-state index contributed by atoms with van der Waals surface area (Å²) in [7, 11) is 0. The number of guanidine groups is 1. The molecule has 64 valence electrons. The SMILES string of the molecule is CC1CCCC1N=C(N)NN. The molecule has 4 nitrogen and oxygen atoms in total. The van der Waals surface area contributed by atoms with Gasteiger partial charge in [-0.3, -0.25) is 5.43 Å². The molecule has 1 saturated carbocycles. The van der Waals surface area contributed by atoms with E-state index in [9.17, 15) is 0 Å². The van der Waals surface area contributed by atoms with Crippen molar-refractivity contribution in [1.29, 1.82) is 0 Å². The van der Waals surface area contributed by atoms with Crippen molar-refractivity contribution >= 4 is 5.96 Å². The molecule has 0 aromatic rings. The highest BCUT2D eigenvalue weighted by Gasteiger charge is 2.22. The van der Waals surface area contributed by atoms with E-state index in [1.54, 1.807) is 0 Å². The Bertz CT molecular complexity index is 155. The van der Waals surface area contributed by atoms with Crippen molar-refractivity contribution in [3.05, 3.63) is 0 Å². The van der Waals surface area contributed by atoms with Crippen molar-refractivity contribution in [2.24, 2.45) is 22.5 Å². The Morgan fingerprint density at radius 2 is 2.27 bits per heavy atom. The fourth-order valence-corrected chi connectivity index (χ4v) is 1.53. The summed E-state index contributed by atoms with van der Waals surface area (Å²) in [4.78, 5) is 4.23. The van der Waals surface area contributed by atoms with Crippen LogP contribution in [0.4, 0.5) is 0 Å². The quantitative estimate of drug-likeness (QED) is 0.216. The van der Waals surface area contributed by atoms with Gasteiger partial charge in [0.15, 0.2) is 0 Å².